The molecule has 2 aromatic heterocycles. The van der Waals surface area contributed by atoms with Gasteiger partial charge in [0.15, 0.2) is 23.1 Å². The molecule has 0 atom stereocenters. The minimum Gasteiger partial charge on any atom is -0.494 e. The van der Waals surface area contributed by atoms with Crippen molar-refractivity contribution in [2.24, 2.45) is 0 Å². The second-order valence-electron chi connectivity index (χ2n) is 5.22. The number of amides is 1. The topological polar surface area (TPSA) is 108 Å². The number of nitrogens with one attached hydrogen (secondary N) is 1. The van der Waals surface area contributed by atoms with Gasteiger partial charge in [-0.25, -0.2) is 14.2 Å². The van der Waals surface area contributed by atoms with E-state index < -0.39 is 17.7 Å². The Kier molecular flexibility index (Phi) is 5.06. The van der Waals surface area contributed by atoms with Gasteiger partial charge in [0.2, 0.25) is 0 Å². The number of aromatic nitrogens is 4. The van der Waals surface area contributed by atoms with Crippen LogP contribution in [0.2, 0.25) is 0 Å². The summed E-state index contributed by atoms with van der Waals surface area (Å²) in [6, 6.07) is 5.12. The molecule has 1 N–H and O–H groups in total. The van der Waals surface area contributed by atoms with Crippen molar-refractivity contribution in [3.05, 3.63) is 60.1 Å². The number of methoxy groups -OCH3 is 2. The van der Waals surface area contributed by atoms with E-state index in [4.69, 9.17) is 4.74 Å². The van der Waals surface area contributed by atoms with Crippen molar-refractivity contribution in [1.82, 2.24) is 19.7 Å². The second kappa shape index (κ2) is 7.60. The Bertz CT molecular complexity index is 974. The van der Waals surface area contributed by atoms with Crippen LogP contribution in [0, 0.1) is 5.82 Å². The van der Waals surface area contributed by atoms with E-state index in [2.05, 4.69) is 25.2 Å². The molecule has 138 valence electrons. The van der Waals surface area contributed by atoms with Gasteiger partial charge >= 0.3 is 5.97 Å². The van der Waals surface area contributed by atoms with Crippen molar-refractivity contribution < 1.29 is 23.5 Å². The summed E-state index contributed by atoms with van der Waals surface area (Å²) in [5, 5.41) is 10.2. The number of imidazole rings is 1. The van der Waals surface area contributed by atoms with Gasteiger partial charge in [-0.3, -0.25) is 9.36 Å². The number of carbonyl (C=O) groups is 2. The summed E-state index contributed by atoms with van der Waals surface area (Å²) in [7, 11) is 2.43. The Morgan fingerprint density at radius 1 is 1.19 bits per heavy atom. The lowest BCUT2D eigenvalue weighted by atomic mass is 10.1. The first-order chi connectivity index (χ1) is 13.0. The van der Waals surface area contributed by atoms with E-state index in [1.165, 1.54) is 26.6 Å². The van der Waals surface area contributed by atoms with Gasteiger partial charge in [-0.2, -0.15) is 0 Å². The zero-order valence-electron chi connectivity index (χ0n) is 14.3. The maximum absolute atomic E-state index is 14.0. The summed E-state index contributed by atoms with van der Waals surface area (Å²) in [6.07, 6.45) is 4.79. The lowest BCUT2D eigenvalue weighted by molar-refractivity contribution is 0.0601. The summed E-state index contributed by atoms with van der Waals surface area (Å²) in [4.78, 5) is 28.2. The Morgan fingerprint density at radius 2 is 2.00 bits per heavy atom. The summed E-state index contributed by atoms with van der Waals surface area (Å²) in [5.74, 6) is -1.87. The molecule has 1 aromatic carbocycles. The molecule has 0 unspecified atom stereocenters. The highest BCUT2D eigenvalue weighted by Gasteiger charge is 2.20. The van der Waals surface area contributed by atoms with E-state index in [0.29, 0.717) is 5.82 Å². The minimum atomic E-state index is -0.759. The molecular formula is C17H14FN5O4. The number of hydrogen-bond donors (Lipinski definition) is 1. The summed E-state index contributed by atoms with van der Waals surface area (Å²) < 4.78 is 25.1. The molecule has 3 rings (SSSR count). The van der Waals surface area contributed by atoms with Crippen LogP contribution < -0.4 is 10.1 Å². The number of hydrogen-bond acceptors (Lipinski definition) is 7. The van der Waals surface area contributed by atoms with Gasteiger partial charge in [0.05, 0.1) is 25.5 Å². The molecule has 0 bridgehead atoms. The van der Waals surface area contributed by atoms with E-state index in [9.17, 15) is 14.0 Å². The zero-order valence-corrected chi connectivity index (χ0v) is 14.3. The van der Waals surface area contributed by atoms with Crippen molar-refractivity contribution in [3.8, 4) is 11.6 Å². The highest BCUT2D eigenvalue weighted by molar-refractivity contribution is 6.07. The van der Waals surface area contributed by atoms with E-state index in [-0.39, 0.29) is 22.7 Å². The van der Waals surface area contributed by atoms with Gasteiger partial charge in [0.25, 0.3) is 5.91 Å². The Labute approximate surface area is 152 Å². The molecule has 1 amide bonds. The molecule has 0 aliphatic carbocycles. The Morgan fingerprint density at radius 3 is 2.59 bits per heavy atom. The van der Waals surface area contributed by atoms with Crippen LogP contribution in [0.25, 0.3) is 5.82 Å². The summed E-state index contributed by atoms with van der Waals surface area (Å²) in [5.41, 5.74) is -0.163. The number of esters is 1. The maximum Gasteiger partial charge on any atom is 0.340 e. The monoisotopic (exact) mass is 371 g/mol. The number of benzene rings is 1. The quantitative estimate of drug-likeness (QED) is 0.682. The number of ether oxygens (including phenoxy) is 2. The molecule has 9 nitrogen and oxygen atoms in total. The Hall–Kier alpha value is -3.82. The third-order valence-corrected chi connectivity index (χ3v) is 3.60. The summed E-state index contributed by atoms with van der Waals surface area (Å²) >= 11 is 0. The van der Waals surface area contributed by atoms with Gasteiger partial charge in [-0.1, -0.05) is 0 Å². The van der Waals surface area contributed by atoms with Gasteiger partial charge in [-0.15, -0.1) is 10.2 Å². The fourth-order valence-electron chi connectivity index (χ4n) is 2.26. The average Bonchev–Trinajstić information content (AvgIpc) is 3.22. The molecule has 0 aliphatic heterocycles. The van der Waals surface area contributed by atoms with Gasteiger partial charge in [0.1, 0.15) is 6.33 Å². The van der Waals surface area contributed by atoms with E-state index in [1.54, 1.807) is 23.0 Å². The molecule has 0 saturated carbocycles. The number of nitrogens with zero attached hydrogens (tertiary/aromatic N) is 4. The zero-order chi connectivity index (χ0) is 19.4. The molecule has 27 heavy (non-hydrogen) atoms. The minimum absolute atomic E-state index is 0.0223. The molecule has 2 heterocycles. The van der Waals surface area contributed by atoms with Crippen LogP contribution in [0.3, 0.4) is 0 Å². The van der Waals surface area contributed by atoms with Gasteiger partial charge in [-0.05, 0) is 18.2 Å². The highest BCUT2D eigenvalue weighted by atomic mass is 19.1. The van der Waals surface area contributed by atoms with Crippen LogP contribution in [0.4, 0.5) is 10.1 Å². The number of anilines is 1. The normalized spacial score (nSPS) is 10.3. The number of carbonyl (C=O) groups excluding carboxylic acids is 2. The van der Waals surface area contributed by atoms with Crippen molar-refractivity contribution in [1.29, 1.82) is 0 Å². The van der Waals surface area contributed by atoms with Crippen LogP contribution in [-0.4, -0.2) is 45.8 Å². The first-order valence-electron chi connectivity index (χ1n) is 7.62. The fourth-order valence-corrected chi connectivity index (χ4v) is 2.26. The van der Waals surface area contributed by atoms with Crippen LogP contribution >= 0.6 is 0 Å². The van der Waals surface area contributed by atoms with Crippen LogP contribution in [0.15, 0.2) is 43.0 Å². The van der Waals surface area contributed by atoms with Crippen molar-refractivity contribution >= 4 is 17.6 Å². The largest absolute Gasteiger partial charge is 0.494 e. The molecule has 0 radical (unpaired) electrons. The molecule has 0 fully saturated rings. The first kappa shape index (κ1) is 18.0. The lowest BCUT2D eigenvalue weighted by Crippen LogP contribution is -2.18. The van der Waals surface area contributed by atoms with Crippen LogP contribution in [0.5, 0.6) is 5.75 Å². The Balaban J connectivity index is 1.87. The molecular weight excluding hydrogens is 357 g/mol. The van der Waals surface area contributed by atoms with Crippen molar-refractivity contribution in [2.75, 3.05) is 19.5 Å². The molecule has 0 spiro atoms. The average molecular weight is 371 g/mol. The first-order valence-corrected chi connectivity index (χ1v) is 7.62. The number of rotatable bonds is 5. The van der Waals surface area contributed by atoms with Crippen LogP contribution in [0.1, 0.15) is 20.8 Å². The number of halogens is 1. The van der Waals surface area contributed by atoms with E-state index >= 15 is 0 Å². The SMILES string of the molecule is COC(=O)c1cc(OC)c(F)cc1NC(=O)c1ccc(-n2ccnc2)nn1. The van der Waals surface area contributed by atoms with Gasteiger partial charge in [0, 0.05) is 18.5 Å². The standard InChI is InChI=1S/C17H14FN5O4/c1-26-14-7-10(17(25)27-2)13(8-11(14)18)20-16(24)12-3-4-15(22-21-12)23-6-5-19-9-23/h3-9H,1-2H3,(H,20,24). The third-order valence-electron chi connectivity index (χ3n) is 3.60. The predicted molar refractivity (Wildman–Crippen MR) is 91.4 cm³/mol. The van der Waals surface area contributed by atoms with Crippen LogP contribution in [-0.2, 0) is 4.74 Å². The molecule has 0 aliphatic rings. The highest BCUT2D eigenvalue weighted by Crippen LogP contribution is 2.27. The fraction of sp³-hybridized carbons (Fsp3) is 0.118. The maximum atomic E-state index is 14.0. The third kappa shape index (κ3) is 3.73. The lowest BCUT2D eigenvalue weighted by Gasteiger charge is -2.12. The van der Waals surface area contributed by atoms with Crippen molar-refractivity contribution in [3.63, 3.8) is 0 Å². The van der Waals surface area contributed by atoms with E-state index in [0.717, 1.165) is 12.1 Å². The second-order valence-corrected chi connectivity index (χ2v) is 5.22. The van der Waals surface area contributed by atoms with E-state index in [1.807, 2.05) is 0 Å². The van der Waals surface area contributed by atoms with Gasteiger partial charge < -0.3 is 14.8 Å². The summed E-state index contributed by atoms with van der Waals surface area (Å²) in [6.45, 7) is 0. The molecule has 0 saturated heterocycles. The smallest absolute Gasteiger partial charge is 0.340 e. The predicted octanol–water partition coefficient (Wildman–Crippen LogP) is 1.85. The van der Waals surface area contributed by atoms with Crippen molar-refractivity contribution in [2.45, 2.75) is 0 Å². The molecule has 10 heteroatoms. The molecule has 3 aromatic rings.